The summed E-state index contributed by atoms with van der Waals surface area (Å²) in [6.45, 7) is 0.555. The smallest absolute Gasteiger partial charge is 0.0954 e. The normalized spacial score (nSPS) is 18.4. The lowest BCUT2D eigenvalue weighted by Gasteiger charge is -2.22. The molecule has 0 unspecified atom stereocenters. The van der Waals surface area contributed by atoms with Gasteiger partial charge in [0, 0.05) is 0 Å². The van der Waals surface area contributed by atoms with Crippen molar-refractivity contribution in [3.05, 3.63) is 40.6 Å². The second-order valence-corrected chi connectivity index (χ2v) is 2.54. The molecule has 2 rings (SSSR count). The summed E-state index contributed by atoms with van der Waals surface area (Å²) >= 11 is 0. The standard InChI is InChI=1S/C8H8NO3/c10-9-11-5-7-3-1-2-4-8(7)6-12-9/h1-4H,5-6H2/q-1. The number of rotatable bonds is 0. The summed E-state index contributed by atoms with van der Waals surface area (Å²) in [7, 11) is 0. The Kier molecular flexibility index (Phi) is 2.05. The highest BCUT2D eigenvalue weighted by atomic mass is 17.1. The van der Waals surface area contributed by atoms with Crippen LogP contribution < -0.4 is 0 Å². The van der Waals surface area contributed by atoms with E-state index in [1.165, 1.54) is 0 Å². The predicted octanol–water partition coefficient (Wildman–Crippen LogP) is 1.36. The first-order valence-electron chi connectivity index (χ1n) is 3.66. The molecule has 0 N–H and O–H groups in total. The van der Waals surface area contributed by atoms with E-state index in [4.69, 9.17) is 0 Å². The predicted molar refractivity (Wildman–Crippen MR) is 41.2 cm³/mol. The van der Waals surface area contributed by atoms with Crippen molar-refractivity contribution >= 4 is 0 Å². The van der Waals surface area contributed by atoms with Gasteiger partial charge in [-0.25, -0.2) is 0 Å². The third-order valence-electron chi connectivity index (χ3n) is 1.77. The molecular weight excluding hydrogens is 158 g/mol. The van der Waals surface area contributed by atoms with E-state index in [1.54, 1.807) is 0 Å². The van der Waals surface area contributed by atoms with Gasteiger partial charge in [0.25, 0.3) is 0 Å². The first kappa shape index (κ1) is 7.70. The first-order chi connectivity index (χ1) is 5.86. The molecule has 0 atom stereocenters. The Labute approximate surface area is 69.8 Å². The van der Waals surface area contributed by atoms with Crippen LogP contribution >= 0.6 is 0 Å². The van der Waals surface area contributed by atoms with Crippen molar-refractivity contribution < 1.29 is 9.68 Å². The molecule has 0 radical (unpaired) electrons. The maximum atomic E-state index is 10.6. The van der Waals surface area contributed by atoms with E-state index in [2.05, 4.69) is 9.68 Å². The minimum absolute atomic E-state index is 0.153. The van der Waals surface area contributed by atoms with Crippen molar-refractivity contribution in [2.75, 3.05) is 0 Å². The van der Waals surface area contributed by atoms with Crippen LogP contribution in [-0.4, -0.2) is 5.39 Å². The number of nitrogens with zero attached hydrogens (tertiary/aromatic N) is 1. The Morgan fingerprint density at radius 3 is 2.08 bits per heavy atom. The molecule has 1 heterocycles. The highest BCUT2D eigenvalue weighted by molar-refractivity contribution is 5.25. The fraction of sp³-hybridized carbons (Fsp3) is 0.250. The molecule has 0 saturated carbocycles. The zero-order chi connectivity index (χ0) is 8.39. The molecule has 4 heteroatoms. The van der Waals surface area contributed by atoms with Crippen molar-refractivity contribution in [2.45, 2.75) is 13.2 Å². The lowest BCUT2D eigenvalue weighted by Crippen LogP contribution is -2.13. The molecule has 1 aromatic carbocycles. The largest absolute Gasteiger partial charge is 0.738 e. The minimum atomic E-state index is 0.153. The SMILES string of the molecule is [O-]N1OCc2ccccc2CO1. The Hall–Kier alpha value is -0.940. The molecule has 1 aromatic rings. The Morgan fingerprint density at radius 1 is 1.08 bits per heavy atom. The van der Waals surface area contributed by atoms with Gasteiger partial charge in [-0.1, -0.05) is 24.3 Å². The van der Waals surface area contributed by atoms with E-state index in [0.29, 0.717) is 0 Å². The second kappa shape index (κ2) is 3.20. The summed E-state index contributed by atoms with van der Waals surface area (Å²) in [5.41, 5.74) is 1.99. The van der Waals surface area contributed by atoms with Crippen LogP contribution in [0.2, 0.25) is 0 Å². The van der Waals surface area contributed by atoms with E-state index in [-0.39, 0.29) is 18.6 Å². The molecule has 0 amide bonds. The van der Waals surface area contributed by atoms with Gasteiger partial charge in [-0.05, 0) is 11.1 Å². The van der Waals surface area contributed by atoms with Crippen LogP contribution in [0.3, 0.4) is 0 Å². The monoisotopic (exact) mass is 166 g/mol. The van der Waals surface area contributed by atoms with Crippen LogP contribution in [0.4, 0.5) is 0 Å². The van der Waals surface area contributed by atoms with Crippen molar-refractivity contribution in [3.63, 3.8) is 0 Å². The molecule has 1 aliphatic heterocycles. The molecule has 0 fully saturated rings. The Bertz CT molecular complexity index is 250. The van der Waals surface area contributed by atoms with Crippen LogP contribution in [0.5, 0.6) is 0 Å². The van der Waals surface area contributed by atoms with E-state index >= 15 is 0 Å². The van der Waals surface area contributed by atoms with E-state index in [9.17, 15) is 5.21 Å². The molecule has 0 aliphatic carbocycles. The van der Waals surface area contributed by atoms with Gasteiger partial charge in [0.05, 0.1) is 13.2 Å². The minimum Gasteiger partial charge on any atom is -0.738 e. The zero-order valence-corrected chi connectivity index (χ0v) is 6.40. The molecule has 0 spiro atoms. The van der Waals surface area contributed by atoms with Crippen LogP contribution in [0, 0.1) is 5.21 Å². The van der Waals surface area contributed by atoms with Gasteiger partial charge in [0.2, 0.25) is 0 Å². The average Bonchev–Trinajstić information content (AvgIpc) is 2.29. The van der Waals surface area contributed by atoms with Crippen molar-refractivity contribution in [1.82, 2.24) is 5.39 Å². The number of hydrogen-bond donors (Lipinski definition) is 0. The van der Waals surface area contributed by atoms with Crippen LogP contribution in [0.1, 0.15) is 11.1 Å². The molecule has 0 bridgehead atoms. The number of benzene rings is 1. The first-order valence-corrected chi connectivity index (χ1v) is 3.66. The average molecular weight is 166 g/mol. The second-order valence-electron chi connectivity index (χ2n) is 2.54. The van der Waals surface area contributed by atoms with Crippen molar-refractivity contribution in [2.24, 2.45) is 0 Å². The highest BCUT2D eigenvalue weighted by Gasteiger charge is 2.07. The lowest BCUT2D eigenvalue weighted by atomic mass is 10.1. The highest BCUT2D eigenvalue weighted by Crippen LogP contribution is 2.16. The number of hydrogen-bond acceptors (Lipinski definition) is 4. The third-order valence-corrected chi connectivity index (χ3v) is 1.77. The van der Waals surface area contributed by atoms with Crippen LogP contribution in [-0.2, 0) is 22.9 Å². The van der Waals surface area contributed by atoms with Crippen molar-refractivity contribution in [1.29, 1.82) is 0 Å². The molecule has 12 heavy (non-hydrogen) atoms. The van der Waals surface area contributed by atoms with Gasteiger partial charge in [-0.2, -0.15) is 0 Å². The van der Waals surface area contributed by atoms with Gasteiger partial charge in [-0.15, -0.1) is 5.39 Å². The van der Waals surface area contributed by atoms with Crippen LogP contribution in [0.25, 0.3) is 0 Å². The maximum Gasteiger partial charge on any atom is 0.0954 e. The Balaban J connectivity index is 2.26. The van der Waals surface area contributed by atoms with E-state index < -0.39 is 0 Å². The quantitative estimate of drug-likeness (QED) is 0.583. The fourth-order valence-electron chi connectivity index (χ4n) is 1.12. The molecule has 1 aliphatic rings. The van der Waals surface area contributed by atoms with Gasteiger partial charge in [0.1, 0.15) is 0 Å². The zero-order valence-electron chi connectivity index (χ0n) is 6.40. The number of fused-ring (bicyclic) bond motifs is 1. The summed E-state index contributed by atoms with van der Waals surface area (Å²) in [5.74, 6) is 0. The summed E-state index contributed by atoms with van der Waals surface area (Å²) < 4.78 is 0. The van der Waals surface area contributed by atoms with Gasteiger partial charge in [0.15, 0.2) is 0 Å². The topological polar surface area (TPSA) is 44.8 Å². The van der Waals surface area contributed by atoms with E-state index in [0.717, 1.165) is 11.1 Å². The van der Waals surface area contributed by atoms with Crippen LogP contribution in [0.15, 0.2) is 24.3 Å². The van der Waals surface area contributed by atoms with Crippen molar-refractivity contribution in [3.8, 4) is 0 Å². The van der Waals surface area contributed by atoms with Gasteiger partial charge in [-0.3, -0.25) is 9.68 Å². The van der Waals surface area contributed by atoms with E-state index in [1.807, 2.05) is 24.3 Å². The maximum absolute atomic E-state index is 10.6. The molecule has 0 saturated heterocycles. The third kappa shape index (κ3) is 1.46. The molecule has 4 nitrogen and oxygen atoms in total. The summed E-state index contributed by atoms with van der Waals surface area (Å²) in [6, 6.07) is 7.64. The summed E-state index contributed by atoms with van der Waals surface area (Å²) in [5, 5.41) is 10.8. The van der Waals surface area contributed by atoms with Gasteiger partial charge >= 0.3 is 0 Å². The molecule has 0 aromatic heterocycles. The van der Waals surface area contributed by atoms with Gasteiger partial charge < -0.3 is 5.21 Å². The molecular formula is C8H8NO3-. The molecule has 64 valence electrons. The summed E-state index contributed by atoms with van der Waals surface area (Å²) in [6.07, 6.45) is 0. The lowest BCUT2D eigenvalue weighted by molar-refractivity contribution is -0.343. The fourth-order valence-corrected chi connectivity index (χ4v) is 1.12. The summed E-state index contributed by atoms with van der Waals surface area (Å²) in [4.78, 5) is 9.37. The Morgan fingerprint density at radius 2 is 1.58 bits per heavy atom.